The normalized spacial score (nSPS) is 20.9. The molecule has 0 saturated carbocycles. The summed E-state index contributed by atoms with van der Waals surface area (Å²) >= 11 is 0. The van der Waals surface area contributed by atoms with Gasteiger partial charge in [0.1, 0.15) is 0 Å². The van der Waals surface area contributed by atoms with Crippen LogP contribution < -0.4 is 5.32 Å². The van der Waals surface area contributed by atoms with Gasteiger partial charge in [-0.2, -0.15) is 0 Å². The van der Waals surface area contributed by atoms with Gasteiger partial charge in [0.15, 0.2) is 0 Å². The van der Waals surface area contributed by atoms with Gasteiger partial charge in [-0.3, -0.25) is 9.69 Å². The minimum atomic E-state index is 0.206. The number of likely N-dealkylation sites (N-methyl/N-ethyl adjacent to an activating group) is 2. The number of hydrogen-bond acceptors (Lipinski definition) is 3. The molecule has 88 valence electrons. The molecule has 0 bridgehead atoms. The van der Waals surface area contributed by atoms with Crippen LogP contribution >= 0.6 is 0 Å². The van der Waals surface area contributed by atoms with Gasteiger partial charge in [0.05, 0.1) is 6.54 Å². The van der Waals surface area contributed by atoms with E-state index in [1.165, 1.54) is 12.8 Å². The summed E-state index contributed by atoms with van der Waals surface area (Å²) in [7, 11) is 3.87. The van der Waals surface area contributed by atoms with Crippen molar-refractivity contribution >= 4 is 5.91 Å². The van der Waals surface area contributed by atoms with E-state index in [1.807, 2.05) is 21.0 Å². The van der Waals surface area contributed by atoms with E-state index in [2.05, 4.69) is 10.2 Å². The molecule has 15 heavy (non-hydrogen) atoms. The van der Waals surface area contributed by atoms with Gasteiger partial charge < -0.3 is 10.2 Å². The number of rotatable bonds is 5. The van der Waals surface area contributed by atoms with Crippen LogP contribution in [0.3, 0.4) is 0 Å². The first kappa shape index (κ1) is 12.5. The molecule has 0 aromatic carbocycles. The SMILES string of the molecule is CCN(C)C(=O)CN(C)CC1CCCN1. The summed E-state index contributed by atoms with van der Waals surface area (Å²) in [5, 5.41) is 3.44. The van der Waals surface area contributed by atoms with Crippen LogP contribution in [0.1, 0.15) is 19.8 Å². The van der Waals surface area contributed by atoms with Crippen molar-refractivity contribution in [3.8, 4) is 0 Å². The van der Waals surface area contributed by atoms with Crippen molar-refractivity contribution in [1.82, 2.24) is 15.1 Å². The average Bonchev–Trinajstić information content (AvgIpc) is 2.68. The van der Waals surface area contributed by atoms with Crippen LogP contribution in [0.2, 0.25) is 0 Å². The molecule has 0 aromatic rings. The zero-order chi connectivity index (χ0) is 11.3. The molecule has 4 nitrogen and oxygen atoms in total. The molecule has 1 amide bonds. The van der Waals surface area contributed by atoms with Gasteiger partial charge in [-0.25, -0.2) is 0 Å². The molecule has 4 heteroatoms. The molecule has 1 atom stereocenters. The van der Waals surface area contributed by atoms with Crippen molar-refractivity contribution in [3.05, 3.63) is 0 Å². The fraction of sp³-hybridized carbons (Fsp3) is 0.909. The van der Waals surface area contributed by atoms with Gasteiger partial charge in [-0.1, -0.05) is 0 Å². The van der Waals surface area contributed by atoms with Crippen molar-refractivity contribution in [3.63, 3.8) is 0 Å². The maximum Gasteiger partial charge on any atom is 0.236 e. The van der Waals surface area contributed by atoms with Crippen LogP contribution in [0, 0.1) is 0 Å². The quantitative estimate of drug-likeness (QED) is 0.706. The minimum absolute atomic E-state index is 0.206. The summed E-state index contributed by atoms with van der Waals surface area (Å²) in [6.07, 6.45) is 2.50. The first-order valence-electron chi connectivity index (χ1n) is 5.79. The predicted molar refractivity (Wildman–Crippen MR) is 61.8 cm³/mol. The van der Waals surface area contributed by atoms with Crippen molar-refractivity contribution in [2.24, 2.45) is 0 Å². The summed E-state index contributed by atoms with van der Waals surface area (Å²) in [4.78, 5) is 15.5. The Kier molecular flexibility index (Phi) is 5.05. The minimum Gasteiger partial charge on any atom is -0.345 e. The van der Waals surface area contributed by atoms with Crippen LogP contribution in [0.25, 0.3) is 0 Å². The van der Waals surface area contributed by atoms with Crippen LogP contribution in [0.4, 0.5) is 0 Å². The Labute approximate surface area is 92.6 Å². The number of nitrogens with one attached hydrogen (secondary N) is 1. The van der Waals surface area contributed by atoms with Crippen molar-refractivity contribution in [2.75, 3.05) is 40.3 Å². The van der Waals surface area contributed by atoms with E-state index in [1.54, 1.807) is 4.90 Å². The molecular weight excluding hydrogens is 190 g/mol. The van der Waals surface area contributed by atoms with Gasteiger partial charge in [0.2, 0.25) is 5.91 Å². The molecule has 1 unspecified atom stereocenters. The number of amides is 1. The lowest BCUT2D eigenvalue weighted by atomic mass is 10.2. The van der Waals surface area contributed by atoms with Crippen molar-refractivity contribution < 1.29 is 4.79 Å². The van der Waals surface area contributed by atoms with Gasteiger partial charge in [0, 0.05) is 26.2 Å². The van der Waals surface area contributed by atoms with Crippen molar-refractivity contribution in [2.45, 2.75) is 25.8 Å². The van der Waals surface area contributed by atoms with Crippen LogP contribution in [0.5, 0.6) is 0 Å². The Morgan fingerprint density at radius 1 is 1.47 bits per heavy atom. The molecule has 1 rings (SSSR count). The smallest absolute Gasteiger partial charge is 0.236 e. The predicted octanol–water partition coefficient (Wildman–Crippen LogP) is 0.149. The number of carbonyl (C=O) groups is 1. The lowest BCUT2D eigenvalue weighted by molar-refractivity contribution is -0.130. The summed E-state index contributed by atoms with van der Waals surface area (Å²) in [6.45, 7) is 5.41. The van der Waals surface area contributed by atoms with Crippen LogP contribution in [-0.4, -0.2) is 62.0 Å². The Morgan fingerprint density at radius 3 is 2.73 bits per heavy atom. The van der Waals surface area contributed by atoms with E-state index >= 15 is 0 Å². The maximum absolute atomic E-state index is 11.6. The van der Waals surface area contributed by atoms with Gasteiger partial charge >= 0.3 is 0 Å². The van der Waals surface area contributed by atoms with E-state index in [9.17, 15) is 4.79 Å². The third-order valence-electron chi connectivity index (χ3n) is 3.00. The van der Waals surface area contributed by atoms with Crippen LogP contribution in [-0.2, 0) is 4.79 Å². The van der Waals surface area contributed by atoms with Crippen LogP contribution in [0.15, 0.2) is 0 Å². The molecule has 1 aliphatic rings. The van der Waals surface area contributed by atoms with E-state index in [4.69, 9.17) is 0 Å². The first-order valence-corrected chi connectivity index (χ1v) is 5.79. The highest BCUT2D eigenvalue weighted by Gasteiger charge is 2.17. The number of carbonyl (C=O) groups excluding carboxylic acids is 1. The second-order valence-corrected chi connectivity index (χ2v) is 4.40. The average molecular weight is 213 g/mol. The lowest BCUT2D eigenvalue weighted by Gasteiger charge is -2.23. The fourth-order valence-electron chi connectivity index (χ4n) is 1.88. The highest BCUT2D eigenvalue weighted by atomic mass is 16.2. The first-order chi connectivity index (χ1) is 7.13. The second kappa shape index (κ2) is 6.08. The molecule has 1 N–H and O–H groups in total. The molecular formula is C11H23N3O. The van der Waals surface area contributed by atoms with Gasteiger partial charge in [-0.15, -0.1) is 0 Å². The Hall–Kier alpha value is -0.610. The molecule has 1 heterocycles. The highest BCUT2D eigenvalue weighted by molar-refractivity contribution is 5.77. The summed E-state index contributed by atoms with van der Waals surface area (Å²) in [5.74, 6) is 0.206. The molecule has 0 spiro atoms. The van der Waals surface area contributed by atoms with E-state index < -0.39 is 0 Å². The Balaban J connectivity index is 2.22. The topological polar surface area (TPSA) is 35.6 Å². The molecule has 0 aliphatic carbocycles. The molecule has 0 aromatic heterocycles. The van der Waals surface area contributed by atoms with E-state index in [0.717, 1.165) is 19.6 Å². The third kappa shape index (κ3) is 4.18. The zero-order valence-electron chi connectivity index (χ0n) is 10.1. The van der Waals surface area contributed by atoms with Gasteiger partial charge in [-0.05, 0) is 33.4 Å². The summed E-state index contributed by atoms with van der Waals surface area (Å²) < 4.78 is 0. The van der Waals surface area contributed by atoms with Gasteiger partial charge in [0.25, 0.3) is 0 Å². The monoisotopic (exact) mass is 213 g/mol. The number of nitrogens with zero attached hydrogens (tertiary/aromatic N) is 2. The Morgan fingerprint density at radius 2 is 2.20 bits per heavy atom. The summed E-state index contributed by atoms with van der Waals surface area (Å²) in [6, 6.07) is 0.578. The fourth-order valence-corrected chi connectivity index (χ4v) is 1.88. The third-order valence-corrected chi connectivity index (χ3v) is 3.00. The maximum atomic E-state index is 11.6. The second-order valence-electron chi connectivity index (χ2n) is 4.40. The molecule has 0 radical (unpaired) electrons. The zero-order valence-corrected chi connectivity index (χ0v) is 10.1. The van der Waals surface area contributed by atoms with E-state index in [-0.39, 0.29) is 5.91 Å². The number of hydrogen-bond donors (Lipinski definition) is 1. The highest BCUT2D eigenvalue weighted by Crippen LogP contribution is 2.05. The molecule has 1 fully saturated rings. The summed E-state index contributed by atoms with van der Waals surface area (Å²) in [5.41, 5.74) is 0. The largest absolute Gasteiger partial charge is 0.345 e. The lowest BCUT2D eigenvalue weighted by Crippen LogP contribution is -2.41. The van der Waals surface area contributed by atoms with E-state index in [0.29, 0.717) is 12.6 Å². The molecule has 1 saturated heterocycles. The van der Waals surface area contributed by atoms with Crippen molar-refractivity contribution in [1.29, 1.82) is 0 Å². The standard InChI is InChI=1S/C11H23N3O/c1-4-14(3)11(15)9-13(2)8-10-6-5-7-12-10/h10,12H,4-9H2,1-3H3. The molecule has 1 aliphatic heterocycles. The Bertz CT molecular complexity index is 202.